The van der Waals surface area contributed by atoms with Crippen molar-refractivity contribution in [2.24, 2.45) is 0 Å². The first-order valence-corrected chi connectivity index (χ1v) is 6.23. The average molecular weight is 294 g/mol. The molecule has 0 saturated heterocycles. The Morgan fingerprint density at radius 1 is 1.24 bits per heavy atom. The monoisotopic (exact) mass is 294 g/mol. The Morgan fingerprint density at radius 2 is 2.00 bits per heavy atom. The van der Waals surface area contributed by atoms with Gasteiger partial charge in [0.05, 0.1) is 11.3 Å². The maximum Gasteiger partial charge on any atom is 0.416 e. The third-order valence-electron chi connectivity index (χ3n) is 2.85. The highest BCUT2D eigenvalue weighted by atomic mass is 19.4. The molecule has 0 radical (unpaired) electrons. The number of rotatable bonds is 3. The van der Waals surface area contributed by atoms with Crippen LogP contribution in [0.3, 0.4) is 0 Å². The second-order valence-corrected chi connectivity index (χ2v) is 4.54. The van der Waals surface area contributed by atoms with Crippen LogP contribution >= 0.6 is 0 Å². The number of pyridine rings is 1. The lowest BCUT2D eigenvalue weighted by Crippen LogP contribution is -2.18. The zero-order chi connectivity index (χ0) is 15.5. The van der Waals surface area contributed by atoms with E-state index in [1.807, 2.05) is 0 Å². The molecule has 0 aliphatic carbocycles. The van der Waals surface area contributed by atoms with Crippen molar-refractivity contribution in [1.82, 2.24) is 10.3 Å². The first kappa shape index (κ1) is 15.0. The zero-order valence-electron chi connectivity index (χ0n) is 11.2. The summed E-state index contributed by atoms with van der Waals surface area (Å²) in [5, 5.41) is 2.62. The fourth-order valence-corrected chi connectivity index (χ4v) is 1.78. The molecular formula is C15H13F3N2O. The molecule has 21 heavy (non-hydrogen) atoms. The standard InChI is InChI=1S/C15H13F3N2O/c1-10(21)19-8-11-5-6-14(20-9-11)12-3-2-4-13(7-12)15(16,17)18/h2-7,9H,8H2,1H3,(H,19,21). The summed E-state index contributed by atoms with van der Waals surface area (Å²) >= 11 is 0. The molecule has 0 bridgehead atoms. The van der Waals surface area contributed by atoms with Gasteiger partial charge in [0.1, 0.15) is 0 Å². The molecule has 3 nitrogen and oxygen atoms in total. The summed E-state index contributed by atoms with van der Waals surface area (Å²) in [4.78, 5) is 14.9. The van der Waals surface area contributed by atoms with Crippen LogP contribution in [0.25, 0.3) is 11.3 Å². The van der Waals surface area contributed by atoms with Gasteiger partial charge in [-0.05, 0) is 23.8 Å². The van der Waals surface area contributed by atoms with Gasteiger partial charge >= 0.3 is 6.18 Å². The SMILES string of the molecule is CC(=O)NCc1ccc(-c2cccc(C(F)(F)F)c2)nc1. The normalized spacial score (nSPS) is 11.2. The molecule has 0 aliphatic rings. The second-order valence-electron chi connectivity index (χ2n) is 4.54. The molecule has 6 heteroatoms. The third kappa shape index (κ3) is 4.05. The Kier molecular flexibility index (Phi) is 4.26. The predicted molar refractivity (Wildman–Crippen MR) is 72.2 cm³/mol. The topological polar surface area (TPSA) is 42.0 Å². The van der Waals surface area contributed by atoms with Crippen LogP contribution in [-0.2, 0) is 17.5 Å². The van der Waals surface area contributed by atoms with Gasteiger partial charge in [-0.2, -0.15) is 13.2 Å². The maximum absolute atomic E-state index is 12.7. The Labute approximate surface area is 119 Å². The van der Waals surface area contributed by atoms with Crippen molar-refractivity contribution in [2.45, 2.75) is 19.6 Å². The Bertz CT molecular complexity index is 636. The first-order chi connectivity index (χ1) is 9.86. The van der Waals surface area contributed by atoms with Crippen LogP contribution in [-0.4, -0.2) is 10.9 Å². The summed E-state index contributed by atoms with van der Waals surface area (Å²) in [6.45, 7) is 1.75. The second kappa shape index (κ2) is 5.95. The molecule has 1 heterocycles. The highest BCUT2D eigenvalue weighted by molar-refractivity contribution is 5.72. The van der Waals surface area contributed by atoms with Gasteiger partial charge in [-0.15, -0.1) is 0 Å². The van der Waals surface area contributed by atoms with Crippen molar-refractivity contribution >= 4 is 5.91 Å². The number of hydrogen-bond donors (Lipinski definition) is 1. The highest BCUT2D eigenvalue weighted by Crippen LogP contribution is 2.31. The Hall–Kier alpha value is -2.37. The lowest BCUT2D eigenvalue weighted by molar-refractivity contribution is -0.137. The molecule has 0 aliphatic heterocycles. The molecule has 1 aromatic heterocycles. The molecular weight excluding hydrogens is 281 g/mol. The van der Waals surface area contributed by atoms with Gasteiger partial charge in [0.15, 0.2) is 0 Å². The molecule has 0 fully saturated rings. The highest BCUT2D eigenvalue weighted by Gasteiger charge is 2.30. The molecule has 110 valence electrons. The molecule has 0 atom stereocenters. The number of halogens is 3. The number of nitrogens with one attached hydrogen (secondary N) is 1. The predicted octanol–water partition coefficient (Wildman–Crippen LogP) is 3.40. The molecule has 1 amide bonds. The number of aromatic nitrogens is 1. The first-order valence-electron chi connectivity index (χ1n) is 6.23. The minimum atomic E-state index is -4.37. The number of nitrogens with zero attached hydrogens (tertiary/aromatic N) is 1. The number of hydrogen-bond acceptors (Lipinski definition) is 2. The van der Waals surface area contributed by atoms with E-state index in [4.69, 9.17) is 0 Å². The van der Waals surface area contributed by atoms with Crippen molar-refractivity contribution in [2.75, 3.05) is 0 Å². The molecule has 0 saturated carbocycles. The number of alkyl halides is 3. The summed E-state index contributed by atoms with van der Waals surface area (Å²) in [6, 6.07) is 8.37. The lowest BCUT2D eigenvalue weighted by Gasteiger charge is -2.09. The molecule has 0 spiro atoms. The summed E-state index contributed by atoms with van der Waals surface area (Å²) in [7, 11) is 0. The fourth-order valence-electron chi connectivity index (χ4n) is 1.78. The minimum Gasteiger partial charge on any atom is -0.352 e. The van der Waals surface area contributed by atoms with E-state index in [9.17, 15) is 18.0 Å². The average Bonchev–Trinajstić information content (AvgIpc) is 2.45. The van der Waals surface area contributed by atoms with Crippen molar-refractivity contribution < 1.29 is 18.0 Å². The van der Waals surface area contributed by atoms with Gasteiger partial charge in [-0.1, -0.05) is 18.2 Å². The van der Waals surface area contributed by atoms with Crippen LogP contribution in [0.2, 0.25) is 0 Å². The van der Waals surface area contributed by atoms with Crippen LogP contribution < -0.4 is 5.32 Å². The summed E-state index contributed by atoms with van der Waals surface area (Å²) in [5.41, 5.74) is 0.925. The largest absolute Gasteiger partial charge is 0.416 e. The van der Waals surface area contributed by atoms with Crippen LogP contribution in [0, 0.1) is 0 Å². The quantitative estimate of drug-likeness (QED) is 0.942. The van der Waals surface area contributed by atoms with E-state index in [2.05, 4.69) is 10.3 Å². The molecule has 1 aromatic carbocycles. The molecule has 1 N–H and O–H groups in total. The van der Waals surface area contributed by atoms with Crippen LogP contribution in [0.15, 0.2) is 42.6 Å². The van der Waals surface area contributed by atoms with E-state index >= 15 is 0 Å². The van der Waals surface area contributed by atoms with E-state index in [1.54, 1.807) is 18.2 Å². The van der Waals surface area contributed by atoms with Crippen molar-refractivity contribution in [1.29, 1.82) is 0 Å². The third-order valence-corrected chi connectivity index (χ3v) is 2.85. The minimum absolute atomic E-state index is 0.156. The van der Waals surface area contributed by atoms with Crippen molar-refractivity contribution in [3.8, 4) is 11.3 Å². The Morgan fingerprint density at radius 3 is 2.57 bits per heavy atom. The van der Waals surface area contributed by atoms with Crippen LogP contribution in [0.5, 0.6) is 0 Å². The van der Waals surface area contributed by atoms with Gasteiger partial charge in [0.25, 0.3) is 0 Å². The number of carbonyl (C=O) groups is 1. The lowest BCUT2D eigenvalue weighted by atomic mass is 10.1. The smallest absolute Gasteiger partial charge is 0.352 e. The molecule has 2 rings (SSSR count). The number of benzene rings is 1. The summed E-state index contributed by atoms with van der Waals surface area (Å²) in [5.74, 6) is -0.156. The van der Waals surface area contributed by atoms with Crippen molar-refractivity contribution in [3.05, 3.63) is 53.7 Å². The van der Waals surface area contributed by atoms with E-state index < -0.39 is 11.7 Å². The summed E-state index contributed by atoms with van der Waals surface area (Å²) < 4.78 is 38.0. The van der Waals surface area contributed by atoms with E-state index in [0.717, 1.165) is 17.7 Å². The van der Waals surface area contributed by atoms with E-state index in [0.29, 0.717) is 17.8 Å². The summed E-state index contributed by atoms with van der Waals surface area (Å²) in [6.07, 6.45) is -2.84. The number of carbonyl (C=O) groups excluding carboxylic acids is 1. The van der Waals surface area contributed by atoms with E-state index in [1.165, 1.54) is 19.2 Å². The molecule has 2 aromatic rings. The van der Waals surface area contributed by atoms with Gasteiger partial charge in [0, 0.05) is 25.2 Å². The maximum atomic E-state index is 12.7. The zero-order valence-corrected chi connectivity index (χ0v) is 11.2. The fraction of sp³-hybridized carbons (Fsp3) is 0.200. The van der Waals surface area contributed by atoms with E-state index in [-0.39, 0.29) is 5.91 Å². The van der Waals surface area contributed by atoms with Gasteiger partial charge < -0.3 is 5.32 Å². The van der Waals surface area contributed by atoms with Crippen LogP contribution in [0.4, 0.5) is 13.2 Å². The van der Waals surface area contributed by atoms with Crippen molar-refractivity contribution in [3.63, 3.8) is 0 Å². The van der Waals surface area contributed by atoms with Gasteiger partial charge in [0.2, 0.25) is 5.91 Å². The van der Waals surface area contributed by atoms with Gasteiger partial charge in [-0.25, -0.2) is 0 Å². The van der Waals surface area contributed by atoms with Crippen LogP contribution in [0.1, 0.15) is 18.1 Å². The number of amides is 1. The molecule has 0 unspecified atom stereocenters. The van der Waals surface area contributed by atoms with Gasteiger partial charge in [-0.3, -0.25) is 9.78 Å². The Balaban J connectivity index is 2.21.